The Hall–Kier alpha value is -1.09. The van der Waals surface area contributed by atoms with Crippen LogP contribution in [0, 0.1) is 0 Å². The van der Waals surface area contributed by atoms with Crippen LogP contribution in [0.3, 0.4) is 0 Å². The molecular formula is C8H6ClF2N. The number of hydrogen-bond acceptors (Lipinski definition) is 1. The molecule has 64 valence electrons. The third-order valence-electron chi connectivity index (χ3n) is 1.31. The molecule has 12 heavy (non-hydrogen) atoms. The molecule has 0 spiro atoms. The van der Waals surface area contributed by atoms with Gasteiger partial charge in [-0.2, -0.15) is 4.39 Å². The molecule has 0 unspecified atom stereocenters. The van der Waals surface area contributed by atoms with E-state index >= 15 is 0 Å². The first kappa shape index (κ1) is 9.00. The fraction of sp³-hybridized carbons (Fsp3) is 0. The predicted octanol–water partition coefficient (Wildman–Crippen LogP) is 3.07. The quantitative estimate of drug-likeness (QED) is 0.675. The first-order valence-electron chi connectivity index (χ1n) is 3.18. The number of anilines is 1. The van der Waals surface area contributed by atoms with Gasteiger partial charge < -0.3 is 5.73 Å². The Morgan fingerprint density at radius 1 is 1.33 bits per heavy atom. The van der Waals surface area contributed by atoms with Crippen molar-refractivity contribution >= 4 is 23.1 Å². The van der Waals surface area contributed by atoms with Gasteiger partial charge in [0.1, 0.15) is 0 Å². The normalized spacial score (nSPS) is 12.6. The van der Waals surface area contributed by atoms with Gasteiger partial charge in [-0.05, 0) is 23.7 Å². The molecule has 0 aromatic heterocycles. The van der Waals surface area contributed by atoms with E-state index < -0.39 is 11.1 Å². The standard InChI is InChI=1S/C8H6ClF2N/c9-8(11)7(10)5-2-1-3-6(12)4-5/h1-4H,12H2/b8-7-. The Morgan fingerprint density at radius 2 is 2.00 bits per heavy atom. The second-order valence-corrected chi connectivity index (χ2v) is 2.53. The summed E-state index contributed by atoms with van der Waals surface area (Å²) in [6, 6.07) is 5.78. The molecule has 1 rings (SSSR count). The summed E-state index contributed by atoms with van der Waals surface area (Å²) in [6.07, 6.45) is 0. The van der Waals surface area contributed by atoms with E-state index in [0.717, 1.165) is 0 Å². The van der Waals surface area contributed by atoms with E-state index in [1.165, 1.54) is 18.2 Å². The Bertz CT molecular complexity index is 319. The molecule has 0 amide bonds. The van der Waals surface area contributed by atoms with Crippen LogP contribution in [0.25, 0.3) is 5.83 Å². The molecule has 1 nitrogen and oxygen atoms in total. The fourth-order valence-corrected chi connectivity index (χ4v) is 0.893. The van der Waals surface area contributed by atoms with Crippen molar-refractivity contribution in [3.05, 3.63) is 35.1 Å². The van der Waals surface area contributed by atoms with Gasteiger partial charge in [-0.15, -0.1) is 0 Å². The van der Waals surface area contributed by atoms with Crippen LogP contribution in [0.15, 0.2) is 29.6 Å². The van der Waals surface area contributed by atoms with E-state index in [4.69, 9.17) is 17.3 Å². The molecule has 1 aromatic rings. The maximum atomic E-state index is 12.8. The topological polar surface area (TPSA) is 26.0 Å². The highest BCUT2D eigenvalue weighted by atomic mass is 35.5. The van der Waals surface area contributed by atoms with Gasteiger partial charge in [0.15, 0.2) is 5.83 Å². The van der Waals surface area contributed by atoms with Gasteiger partial charge >= 0.3 is 0 Å². The molecule has 2 N–H and O–H groups in total. The number of nitrogens with two attached hydrogens (primary N) is 1. The van der Waals surface area contributed by atoms with Crippen LogP contribution in [0.2, 0.25) is 0 Å². The zero-order valence-electron chi connectivity index (χ0n) is 6.02. The maximum absolute atomic E-state index is 12.8. The van der Waals surface area contributed by atoms with Crippen LogP contribution < -0.4 is 5.73 Å². The molecule has 0 saturated heterocycles. The van der Waals surface area contributed by atoms with Gasteiger partial charge in [0.2, 0.25) is 5.29 Å². The van der Waals surface area contributed by atoms with Crippen molar-refractivity contribution in [2.45, 2.75) is 0 Å². The summed E-state index contributed by atoms with van der Waals surface area (Å²) in [7, 11) is 0. The zero-order chi connectivity index (χ0) is 9.14. The molecule has 0 radical (unpaired) electrons. The lowest BCUT2D eigenvalue weighted by atomic mass is 10.2. The molecule has 0 aliphatic rings. The average Bonchev–Trinajstić information content (AvgIpc) is 2.03. The Morgan fingerprint density at radius 3 is 2.50 bits per heavy atom. The lowest BCUT2D eigenvalue weighted by molar-refractivity contribution is 0.651. The first-order chi connectivity index (χ1) is 5.61. The third-order valence-corrected chi connectivity index (χ3v) is 1.47. The van der Waals surface area contributed by atoms with Crippen molar-refractivity contribution in [3.8, 4) is 0 Å². The molecule has 1 aromatic carbocycles. The average molecular weight is 190 g/mol. The van der Waals surface area contributed by atoms with E-state index in [2.05, 4.69) is 0 Å². The van der Waals surface area contributed by atoms with Gasteiger partial charge in [0.05, 0.1) is 0 Å². The molecule has 0 aliphatic carbocycles. The number of hydrogen-bond donors (Lipinski definition) is 1. The molecular weight excluding hydrogens is 184 g/mol. The highest BCUT2D eigenvalue weighted by Gasteiger charge is 2.05. The number of halogens is 3. The number of rotatable bonds is 1. The minimum absolute atomic E-state index is 0.0440. The summed E-state index contributed by atoms with van der Waals surface area (Å²) in [5.41, 5.74) is 5.75. The summed E-state index contributed by atoms with van der Waals surface area (Å²) in [5.74, 6) is -1.09. The van der Waals surface area contributed by atoms with Crippen LogP contribution >= 0.6 is 11.6 Å². The molecule has 0 heterocycles. The van der Waals surface area contributed by atoms with Crippen LogP contribution in [0.4, 0.5) is 14.5 Å². The van der Waals surface area contributed by atoms with E-state index in [-0.39, 0.29) is 5.56 Å². The van der Waals surface area contributed by atoms with Gasteiger partial charge in [-0.3, -0.25) is 0 Å². The number of nitrogen functional groups attached to an aromatic ring is 1. The molecule has 4 heteroatoms. The van der Waals surface area contributed by atoms with E-state index in [1.54, 1.807) is 6.07 Å². The van der Waals surface area contributed by atoms with Crippen LogP contribution in [-0.2, 0) is 0 Å². The Balaban J connectivity index is 3.13. The van der Waals surface area contributed by atoms with Gasteiger partial charge in [-0.1, -0.05) is 12.1 Å². The summed E-state index contributed by atoms with van der Waals surface area (Å²) < 4.78 is 24.9. The minimum Gasteiger partial charge on any atom is -0.399 e. The van der Waals surface area contributed by atoms with E-state index in [9.17, 15) is 8.78 Å². The first-order valence-corrected chi connectivity index (χ1v) is 3.55. The monoisotopic (exact) mass is 189 g/mol. The molecule has 0 bridgehead atoms. The third kappa shape index (κ3) is 1.95. The zero-order valence-corrected chi connectivity index (χ0v) is 6.78. The molecule has 0 atom stereocenters. The maximum Gasteiger partial charge on any atom is 0.225 e. The number of benzene rings is 1. The van der Waals surface area contributed by atoms with Crippen LogP contribution in [0.5, 0.6) is 0 Å². The predicted molar refractivity (Wildman–Crippen MR) is 45.8 cm³/mol. The lowest BCUT2D eigenvalue weighted by Crippen LogP contribution is -1.86. The van der Waals surface area contributed by atoms with Crippen molar-refractivity contribution in [3.63, 3.8) is 0 Å². The Kier molecular flexibility index (Phi) is 2.65. The highest BCUT2D eigenvalue weighted by molar-refractivity contribution is 6.30. The van der Waals surface area contributed by atoms with Gasteiger partial charge in [0.25, 0.3) is 0 Å². The van der Waals surface area contributed by atoms with Crippen molar-refractivity contribution in [2.75, 3.05) is 5.73 Å². The van der Waals surface area contributed by atoms with Gasteiger partial charge in [0, 0.05) is 11.3 Å². The van der Waals surface area contributed by atoms with Crippen molar-refractivity contribution in [1.29, 1.82) is 0 Å². The van der Waals surface area contributed by atoms with Gasteiger partial charge in [-0.25, -0.2) is 4.39 Å². The summed E-state index contributed by atoms with van der Waals surface area (Å²) >= 11 is 4.81. The van der Waals surface area contributed by atoms with E-state index in [0.29, 0.717) is 5.69 Å². The Labute approximate surface area is 73.4 Å². The van der Waals surface area contributed by atoms with E-state index in [1.807, 2.05) is 0 Å². The lowest BCUT2D eigenvalue weighted by Gasteiger charge is -1.97. The molecule has 0 fully saturated rings. The molecule has 0 saturated carbocycles. The van der Waals surface area contributed by atoms with Crippen LogP contribution in [-0.4, -0.2) is 0 Å². The SMILES string of the molecule is Nc1cccc(/C(F)=C(/F)Cl)c1. The van der Waals surface area contributed by atoms with Crippen molar-refractivity contribution in [2.24, 2.45) is 0 Å². The second kappa shape index (κ2) is 3.54. The molecule has 0 aliphatic heterocycles. The van der Waals surface area contributed by atoms with Crippen molar-refractivity contribution < 1.29 is 8.78 Å². The fourth-order valence-electron chi connectivity index (χ4n) is 0.784. The summed E-state index contributed by atoms with van der Waals surface area (Å²) in [5, 5.41) is -1.36. The van der Waals surface area contributed by atoms with Crippen LogP contribution in [0.1, 0.15) is 5.56 Å². The summed E-state index contributed by atoms with van der Waals surface area (Å²) in [6.45, 7) is 0. The smallest absolute Gasteiger partial charge is 0.225 e. The highest BCUT2D eigenvalue weighted by Crippen LogP contribution is 2.24. The van der Waals surface area contributed by atoms with Crippen molar-refractivity contribution in [1.82, 2.24) is 0 Å². The largest absolute Gasteiger partial charge is 0.399 e. The summed E-state index contributed by atoms with van der Waals surface area (Å²) in [4.78, 5) is 0. The minimum atomic E-state index is -1.36. The second-order valence-electron chi connectivity index (χ2n) is 2.20.